The first-order chi connectivity index (χ1) is 7.33. The van der Waals surface area contributed by atoms with Crippen molar-refractivity contribution in [2.24, 2.45) is 0 Å². The van der Waals surface area contributed by atoms with Crippen LogP contribution < -0.4 is 0 Å². The first-order valence-corrected chi connectivity index (χ1v) is 5.81. The number of pyridine rings is 1. The van der Waals surface area contributed by atoms with Crippen molar-refractivity contribution in [1.82, 2.24) is 4.98 Å². The summed E-state index contributed by atoms with van der Waals surface area (Å²) in [5, 5.41) is 10.8. The van der Waals surface area contributed by atoms with Crippen molar-refractivity contribution in [3.05, 3.63) is 41.6 Å². The Labute approximate surface area is 96.7 Å². The van der Waals surface area contributed by atoms with Crippen LogP contribution in [0.25, 0.3) is 10.9 Å². The number of nitriles is 1. The second kappa shape index (κ2) is 4.41. The van der Waals surface area contributed by atoms with Gasteiger partial charge in [0.1, 0.15) is 11.8 Å². The van der Waals surface area contributed by atoms with E-state index in [1.807, 2.05) is 18.2 Å². The van der Waals surface area contributed by atoms with Crippen LogP contribution in [0.1, 0.15) is 11.3 Å². The standard InChI is InChI=1S/C12H9BrN2/c13-6-5-9-1-4-12-10(7-9)2-3-11(8-14)15-12/h1-4,7H,5-6H2. The zero-order valence-corrected chi connectivity index (χ0v) is 9.66. The molecule has 1 aromatic heterocycles. The van der Waals surface area contributed by atoms with E-state index in [4.69, 9.17) is 5.26 Å². The Morgan fingerprint density at radius 1 is 1.27 bits per heavy atom. The number of fused-ring (bicyclic) bond motifs is 1. The molecule has 0 aliphatic rings. The average Bonchev–Trinajstić information content (AvgIpc) is 2.29. The van der Waals surface area contributed by atoms with Crippen LogP contribution in [0.15, 0.2) is 30.3 Å². The molecule has 0 unspecified atom stereocenters. The van der Waals surface area contributed by atoms with Gasteiger partial charge in [-0.3, -0.25) is 0 Å². The van der Waals surface area contributed by atoms with Gasteiger partial charge in [0, 0.05) is 10.7 Å². The Morgan fingerprint density at radius 3 is 2.87 bits per heavy atom. The SMILES string of the molecule is N#Cc1ccc2cc(CCBr)ccc2n1. The summed E-state index contributed by atoms with van der Waals surface area (Å²) in [6.45, 7) is 0. The molecule has 0 bridgehead atoms. The summed E-state index contributed by atoms with van der Waals surface area (Å²) in [6.07, 6.45) is 1.01. The average molecular weight is 261 g/mol. The van der Waals surface area contributed by atoms with Crippen LogP contribution in [-0.4, -0.2) is 10.3 Å². The van der Waals surface area contributed by atoms with Gasteiger partial charge in [-0.2, -0.15) is 5.26 Å². The molecule has 0 fully saturated rings. The minimum atomic E-state index is 0.468. The Morgan fingerprint density at radius 2 is 2.13 bits per heavy atom. The van der Waals surface area contributed by atoms with Crippen molar-refractivity contribution in [2.75, 3.05) is 5.33 Å². The molecule has 2 nitrogen and oxygen atoms in total. The highest BCUT2D eigenvalue weighted by atomic mass is 79.9. The van der Waals surface area contributed by atoms with Gasteiger partial charge in [0.05, 0.1) is 5.52 Å². The normalized spacial score (nSPS) is 10.1. The van der Waals surface area contributed by atoms with Crippen LogP contribution in [0.5, 0.6) is 0 Å². The maximum atomic E-state index is 8.72. The summed E-state index contributed by atoms with van der Waals surface area (Å²) >= 11 is 3.41. The minimum Gasteiger partial charge on any atom is -0.237 e. The fraction of sp³-hybridized carbons (Fsp3) is 0.167. The third-order valence-electron chi connectivity index (χ3n) is 2.25. The number of hydrogen-bond donors (Lipinski definition) is 0. The number of aromatic nitrogens is 1. The van der Waals surface area contributed by atoms with E-state index in [1.54, 1.807) is 6.07 Å². The third-order valence-corrected chi connectivity index (χ3v) is 2.65. The van der Waals surface area contributed by atoms with Gasteiger partial charge in [0.2, 0.25) is 0 Å². The van der Waals surface area contributed by atoms with E-state index in [0.29, 0.717) is 5.69 Å². The maximum absolute atomic E-state index is 8.72. The molecular formula is C12H9BrN2. The Hall–Kier alpha value is -1.40. The van der Waals surface area contributed by atoms with Crippen molar-refractivity contribution >= 4 is 26.8 Å². The first-order valence-electron chi connectivity index (χ1n) is 4.69. The fourth-order valence-electron chi connectivity index (χ4n) is 1.50. The number of alkyl halides is 1. The van der Waals surface area contributed by atoms with Crippen LogP contribution in [0, 0.1) is 11.3 Å². The summed E-state index contributed by atoms with van der Waals surface area (Å²) in [6, 6.07) is 11.9. The van der Waals surface area contributed by atoms with Gasteiger partial charge >= 0.3 is 0 Å². The summed E-state index contributed by atoms with van der Waals surface area (Å²) in [7, 11) is 0. The molecule has 74 valence electrons. The molecule has 1 aromatic carbocycles. The van der Waals surface area contributed by atoms with E-state index in [0.717, 1.165) is 22.7 Å². The molecule has 0 aliphatic carbocycles. The van der Waals surface area contributed by atoms with Crippen molar-refractivity contribution in [1.29, 1.82) is 5.26 Å². The molecule has 3 heteroatoms. The van der Waals surface area contributed by atoms with E-state index < -0.39 is 0 Å². The Balaban J connectivity index is 2.51. The van der Waals surface area contributed by atoms with E-state index in [1.165, 1.54) is 5.56 Å². The number of rotatable bonds is 2. The lowest BCUT2D eigenvalue weighted by molar-refractivity contribution is 1.17. The van der Waals surface area contributed by atoms with Crippen molar-refractivity contribution in [3.8, 4) is 6.07 Å². The molecular weight excluding hydrogens is 252 g/mol. The Kier molecular flexibility index (Phi) is 2.98. The molecule has 2 aromatic rings. The van der Waals surface area contributed by atoms with Crippen molar-refractivity contribution in [3.63, 3.8) is 0 Å². The molecule has 0 amide bonds. The van der Waals surface area contributed by atoms with Crippen LogP contribution in [0.3, 0.4) is 0 Å². The fourth-order valence-corrected chi connectivity index (χ4v) is 1.96. The molecule has 15 heavy (non-hydrogen) atoms. The highest BCUT2D eigenvalue weighted by Crippen LogP contribution is 2.15. The molecule has 0 saturated heterocycles. The lowest BCUT2D eigenvalue weighted by atomic mass is 10.1. The number of aryl methyl sites for hydroxylation is 1. The molecule has 0 N–H and O–H groups in total. The van der Waals surface area contributed by atoms with Crippen LogP contribution in [-0.2, 0) is 6.42 Å². The van der Waals surface area contributed by atoms with Crippen LogP contribution in [0.4, 0.5) is 0 Å². The topological polar surface area (TPSA) is 36.7 Å². The van der Waals surface area contributed by atoms with E-state index in [2.05, 4.69) is 33.0 Å². The number of benzene rings is 1. The maximum Gasteiger partial charge on any atom is 0.141 e. The van der Waals surface area contributed by atoms with Crippen molar-refractivity contribution < 1.29 is 0 Å². The molecule has 0 spiro atoms. The minimum absolute atomic E-state index is 0.468. The predicted octanol–water partition coefficient (Wildman–Crippen LogP) is 3.04. The van der Waals surface area contributed by atoms with Crippen molar-refractivity contribution in [2.45, 2.75) is 6.42 Å². The third kappa shape index (κ3) is 2.16. The number of hydrogen-bond acceptors (Lipinski definition) is 2. The predicted molar refractivity (Wildman–Crippen MR) is 64.0 cm³/mol. The van der Waals surface area contributed by atoms with E-state index >= 15 is 0 Å². The summed E-state index contributed by atoms with van der Waals surface area (Å²) in [4.78, 5) is 4.22. The Bertz CT molecular complexity index is 529. The summed E-state index contributed by atoms with van der Waals surface area (Å²) in [5.74, 6) is 0. The zero-order valence-electron chi connectivity index (χ0n) is 8.07. The highest BCUT2D eigenvalue weighted by Gasteiger charge is 1.99. The lowest BCUT2D eigenvalue weighted by Crippen LogP contribution is -1.88. The lowest BCUT2D eigenvalue weighted by Gasteiger charge is -2.01. The number of halogens is 1. The molecule has 0 atom stereocenters. The molecule has 1 heterocycles. The highest BCUT2D eigenvalue weighted by molar-refractivity contribution is 9.09. The van der Waals surface area contributed by atoms with Gasteiger partial charge in [-0.25, -0.2) is 4.98 Å². The zero-order chi connectivity index (χ0) is 10.7. The van der Waals surface area contributed by atoms with Gasteiger partial charge < -0.3 is 0 Å². The molecule has 0 radical (unpaired) electrons. The summed E-state index contributed by atoms with van der Waals surface area (Å²) < 4.78 is 0. The largest absolute Gasteiger partial charge is 0.237 e. The van der Waals surface area contributed by atoms with Gasteiger partial charge in [0.15, 0.2) is 0 Å². The molecule has 2 rings (SSSR count). The van der Waals surface area contributed by atoms with Gasteiger partial charge in [-0.15, -0.1) is 0 Å². The smallest absolute Gasteiger partial charge is 0.141 e. The first kappa shape index (κ1) is 10.1. The molecule has 0 saturated carbocycles. The van der Waals surface area contributed by atoms with Crippen LogP contribution >= 0.6 is 15.9 Å². The number of nitrogens with zero attached hydrogens (tertiary/aromatic N) is 2. The quantitative estimate of drug-likeness (QED) is 0.779. The van der Waals surface area contributed by atoms with E-state index in [-0.39, 0.29) is 0 Å². The van der Waals surface area contributed by atoms with Crippen LogP contribution in [0.2, 0.25) is 0 Å². The summed E-state index contributed by atoms with van der Waals surface area (Å²) in [5.41, 5.74) is 2.63. The molecule has 0 aliphatic heterocycles. The van der Waals surface area contributed by atoms with Gasteiger partial charge in [-0.1, -0.05) is 22.0 Å². The van der Waals surface area contributed by atoms with Gasteiger partial charge in [-0.05, 0) is 36.2 Å². The van der Waals surface area contributed by atoms with Gasteiger partial charge in [0.25, 0.3) is 0 Å². The second-order valence-corrected chi connectivity index (χ2v) is 4.07. The monoisotopic (exact) mass is 260 g/mol. The van der Waals surface area contributed by atoms with E-state index in [9.17, 15) is 0 Å². The second-order valence-electron chi connectivity index (χ2n) is 3.27.